The molecule has 0 aromatic carbocycles. The van der Waals surface area contributed by atoms with Gasteiger partial charge in [0.2, 0.25) is 11.8 Å². The zero-order valence-corrected chi connectivity index (χ0v) is 15.7. The average molecular weight is 395 g/mol. The number of nitrogens with one attached hydrogen (secondary N) is 3. The lowest BCUT2D eigenvalue weighted by Gasteiger charge is -2.35. The van der Waals surface area contributed by atoms with Crippen molar-refractivity contribution in [1.29, 1.82) is 0 Å². The Labute approximate surface area is 166 Å². The molecule has 10 heteroatoms. The number of hydrogen-bond acceptors (Lipinski definition) is 6. The van der Waals surface area contributed by atoms with Gasteiger partial charge in [-0.15, -0.1) is 0 Å². The van der Waals surface area contributed by atoms with Crippen LogP contribution in [0.3, 0.4) is 0 Å². The number of nitrogens with zero attached hydrogens (tertiary/aromatic N) is 4. The van der Waals surface area contributed by atoms with Crippen molar-refractivity contribution in [3.8, 4) is 0 Å². The molecule has 3 aromatic heterocycles. The Kier molecular flexibility index (Phi) is 5.23. The normalized spacial score (nSPS) is 14.2. The molecule has 29 heavy (non-hydrogen) atoms. The predicted molar refractivity (Wildman–Crippen MR) is 108 cm³/mol. The van der Waals surface area contributed by atoms with E-state index in [1.807, 2.05) is 18.2 Å². The number of imidazole rings is 1. The monoisotopic (exact) mass is 395 g/mol. The van der Waals surface area contributed by atoms with E-state index in [4.69, 9.17) is 0 Å². The summed E-state index contributed by atoms with van der Waals surface area (Å²) >= 11 is 0. The fourth-order valence-electron chi connectivity index (χ4n) is 3.30. The standard InChI is InChI=1S/C19H21N7O3/c27-16(22-14-5-4-13-18(23-14)24-19(29)21-13)6-7-17(28)26-11-9-25(10-12-26)15-3-1-2-8-20-15/h1-5,8H,6-7,9-12H2,(H3,21,22,23,24,27,29). The maximum Gasteiger partial charge on any atom is 0.325 e. The first-order valence-corrected chi connectivity index (χ1v) is 9.41. The fourth-order valence-corrected chi connectivity index (χ4v) is 3.30. The third kappa shape index (κ3) is 4.42. The second-order valence-corrected chi connectivity index (χ2v) is 6.78. The number of fused-ring (bicyclic) bond motifs is 1. The molecule has 2 amide bonds. The summed E-state index contributed by atoms with van der Waals surface area (Å²) in [5.41, 5.74) is 0.576. The highest BCUT2D eigenvalue weighted by Gasteiger charge is 2.22. The highest BCUT2D eigenvalue weighted by Crippen LogP contribution is 2.14. The van der Waals surface area contributed by atoms with E-state index in [1.54, 1.807) is 23.2 Å². The molecule has 0 bridgehead atoms. The number of amides is 2. The van der Waals surface area contributed by atoms with Crippen LogP contribution >= 0.6 is 0 Å². The number of H-pyrrole nitrogens is 2. The van der Waals surface area contributed by atoms with E-state index < -0.39 is 0 Å². The second-order valence-electron chi connectivity index (χ2n) is 6.78. The predicted octanol–water partition coefficient (Wildman–Crippen LogP) is 0.714. The van der Waals surface area contributed by atoms with Gasteiger partial charge < -0.3 is 20.1 Å². The minimum Gasteiger partial charge on any atom is -0.353 e. The van der Waals surface area contributed by atoms with Crippen molar-refractivity contribution in [2.75, 3.05) is 36.4 Å². The Balaban J connectivity index is 1.25. The van der Waals surface area contributed by atoms with Crippen LogP contribution in [-0.4, -0.2) is 62.8 Å². The molecule has 1 saturated heterocycles. The number of carbonyl (C=O) groups is 2. The zero-order chi connectivity index (χ0) is 20.2. The Bertz CT molecular complexity index is 1070. The van der Waals surface area contributed by atoms with Crippen molar-refractivity contribution in [1.82, 2.24) is 24.8 Å². The highest BCUT2D eigenvalue weighted by atomic mass is 16.2. The van der Waals surface area contributed by atoms with Crippen LogP contribution in [0.25, 0.3) is 11.2 Å². The lowest BCUT2D eigenvalue weighted by Crippen LogP contribution is -2.49. The van der Waals surface area contributed by atoms with Crippen molar-refractivity contribution in [3.05, 3.63) is 47.0 Å². The summed E-state index contributed by atoms with van der Waals surface area (Å²) in [5, 5.41) is 2.66. The van der Waals surface area contributed by atoms with Gasteiger partial charge in [-0.2, -0.15) is 0 Å². The third-order valence-corrected chi connectivity index (χ3v) is 4.81. The summed E-state index contributed by atoms with van der Waals surface area (Å²) in [6, 6.07) is 9.03. The molecule has 4 rings (SSSR count). The molecule has 150 valence electrons. The van der Waals surface area contributed by atoms with Gasteiger partial charge in [0.1, 0.15) is 11.6 Å². The minimum atomic E-state index is -0.357. The number of pyridine rings is 2. The minimum absolute atomic E-state index is 0.0424. The number of hydrogen-bond donors (Lipinski definition) is 3. The molecule has 0 atom stereocenters. The summed E-state index contributed by atoms with van der Waals surface area (Å²) in [4.78, 5) is 53.4. The molecule has 0 unspecified atom stereocenters. The quantitative estimate of drug-likeness (QED) is 0.584. The van der Waals surface area contributed by atoms with Crippen LogP contribution in [0.1, 0.15) is 12.8 Å². The topological polar surface area (TPSA) is 127 Å². The number of anilines is 2. The second kappa shape index (κ2) is 8.13. The van der Waals surface area contributed by atoms with Gasteiger partial charge in [0.25, 0.3) is 0 Å². The lowest BCUT2D eigenvalue weighted by molar-refractivity contribution is -0.133. The van der Waals surface area contributed by atoms with Gasteiger partial charge in [-0.1, -0.05) is 6.07 Å². The Morgan fingerprint density at radius 1 is 1.03 bits per heavy atom. The maximum absolute atomic E-state index is 12.4. The van der Waals surface area contributed by atoms with E-state index in [1.165, 1.54) is 0 Å². The van der Waals surface area contributed by atoms with Crippen molar-refractivity contribution in [3.63, 3.8) is 0 Å². The van der Waals surface area contributed by atoms with Crippen molar-refractivity contribution in [2.24, 2.45) is 0 Å². The van der Waals surface area contributed by atoms with Crippen molar-refractivity contribution < 1.29 is 9.59 Å². The van der Waals surface area contributed by atoms with Crippen LogP contribution in [-0.2, 0) is 9.59 Å². The molecule has 3 aromatic rings. The number of aromatic amines is 2. The largest absolute Gasteiger partial charge is 0.353 e. The lowest BCUT2D eigenvalue weighted by atomic mass is 10.2. The molecule has 0 saturated carbocycles. The van der Waals surface area contributed by atoms with Crippen molar-refractivity contribution >= 4 is 34.6 Å². The summed E-state index contributed by atoms with van der Waals surface area (Å²) in [6.07, 6.45) is 1.97. The van der Waals surface area contributed by atoms with Gasteiger partial charge in [0, 0.05) is 45.2 Å². The zero-order valence-electron chi connectivity index (χ0n) is 15.7. The number of carbonyl (C=O) groups excluding carboxylic acids is 2. The van der Waals surface area contributed by atoms with Crippen LogP contribution in [0.4, 0.5) is 11.6 Å². The number of rotatable bonds is 5. The van der Waals surface area contributed by atoms with Crippen LogP contribution in [0.15, 0.2) is 41.3 Å². The van der Waals surface area contributed by atoms with Gasteiger partial charge in [-0.3, -0.25) is 14.6 Å². The first-order chi connectivity index (χ1) is 14.1. The van der Waals surface area contributed by atoms with Gasteiger partial charge >= 0.3 is 5.69 Å². The Morgan fingerprint density at radius 2 is 1.86 bits per heavy atom. The molecule has 4 heterocycles. The van der Waals surface area contributed by atoms with Gasteiger partial charge in [0.15, 0.2) is 5.65 Å². The van der Waals surface area contributed by atoms with Crippen LogP contribution in [0.2, 0.25) is 0 Å². The molecule has 3 N–H and O–H groups in total. The van der Waals surface area contributed by atoms with E-state index in [0.717, 1.165) is 5.82 Å². The molecular weight excluding hydrogens is 374 g/mol. The van der Waals surface area contributed by atoms with Gasteiger partial charge in [0.05, 0.1) is 5.52 Å². The molecule has 1 aliphatic heterocycles. The Hall–Kier alpha value is -3.69. The van der Waals surface area contributed by atoms with Gasteiger partial charge in [-0.05, 0) is 24.3 Å². The van der Waals surface area contributed by atoms with Gasteiger partial charge in [-0.25, -0.2) is 14.8 Å². The van der Waals surface area contributed by atoms with E-state index in [9.17, 15) is 14.4 Å². The van der Waals surface area contributed by atoms with E-state index >= 15 is 0 Å². The van der Waals surface area contributed by atoms with Crippen LogP contribution < -0.4 is 15.9 Å². The van der Waals surface area contributed by atoms with Crippen LogP contribution in [0, 0.1) is 0 Å². The molecule has 0 radical (unpaired) electrons. The Morgan fingerprint density at radius 3 is 2.62 bits per heavy atom. The summed E-state index contributed by atoms with van der Waals surface area (Å²) in [5.74, 6) is 0.899. The molecule has 0 spiro atoms. The molecule has 1 fully saturated rings. The van der Waals surface area contributed by atoms with E-state index in [2.05, 4.69) is 30.2 Å². The number of piperazine rings is 1. The maximum atomic E-state index is 12.4. The molecular formula is C19H21N7O3. The first-order valence-electron chi connectivity index (χ1n) is 9.41. The number of aromatic nitrogens is 4. The molecule has 0 aliphatic carbocycles. The third-order valence-electron chi connectivity index (χ3n) is 4.81. The summed E-state index contributed by atoms with van der Waals surface area (Å²) in [6.45, 7) is 2.65. The smallest absolute Gasteiger partial charge is 0.325 e. The fraction of sp³-hybridized carbons (Fsp3) is 0.316. The van der Waals surface area contributed by atoms with E-state index in [-0.39, 0.29) is 30.3 Å². The van der Waals surface area contributed by atoms with E-state index in [0.29, 0.717) is 43.2 Å². The summed E-state index contributed by atoms with van der Waals surface area (Å²) < 4.78 is 0. The molecule has 10 nitrogen and oxygen atoms in total. The SMILES string of the molecule is O=C(CCC(=O)N1CCN(c2ccccn2)CC1)Nc1ccc2[nH]c(=O)[nH]c2n1. The first kappa shape index (κ1) is 18.7. The summed E-state index contributed by atoms with van der Waals surface area (Å²) in [7, 11) is 0. The average Bonchev–Trinajstić information content (AvgIpc) is 3.12. The van der Waals surface area contributed by atoms with Crippen molar-refractivity contribution in [2.45, 2.75) is 12.8 Å². The highest BCUT2D eigenvalue weighted by molar-refractivity contribution is 5.93. The van der Waals surface area contributed by atoms with Crippen LogP contribution in [0.5, 0.6) is 0 Å². The molecule has 1 aliphatic rings.